The number of hydrogen-bond donors (Lipinski definition) is 2. The van der Waals surface area contributed by atoms with Crippen molar-refractivity contribution in [2.24, 2.45) is 0 Å². The first kappa shape index (κ1) is 17.5. The monoisotopic (exact) mass is 327 g/mol. The summed E-state index contributed by atoms with van der Waals surface area (Å²) < 4.78 is 5.61. The number of amides is 1. The van der Waals surface area contributed by atoms with Gasteiger partial charge in [0.15, 0.2) is 0 Å². The standard InChI is InChI=1S/C19H21NO4/c1-2-3-11-24-16-9-6-8-15(13-16)20-18(21)12-14-7-4-5-10-17(14)19(22)23/h4-10,13H,2-3,11-12H2,1H3,(H,20,21)(H,22,23). The number of carbonyl (C=O) groups excluding carboxylic acids is 1. The quantitative estimate of drug-likeness (QED) is 0.724. The number of carboxylic acids is 1. The Kier molecular flexibility index (Phi) is 6.37. The largest absolute Gasteiger partial charge is 0.494 e. The molecule has 0 fully saturated rings. The predicted octanol–water partition coefficient (Wildman–Crippen LogP) is 3.74. The fraction of sp³-hybridized carbons (Fsp3) is 0.263. The summed E-state index contributed by atoms with van der Waals surface area (Å²) in [6.07, 6.45) is 2.03. The molecule has 0 saturated heterocycles. The van der Waals surface area contributed by atoms with Gasteiger partial charge in [0, 0.05) is 11.8 Å². The lowest BCUT2D eigenvalue weighted by Gasteiger charge is -2.10. The summed E-state index contributed by atoms with van der Waals surface area (Å²) in [6, 6.07) is 13.7. The van der Waals surface area contributed by atoms with Crippen LogP contribution >= 0.6 is 0 Å². The summed E-state index contributed by atoms with van der Waals surface area (Å²) in [7, 11) is 0. The van der Waals surface area contributed by atoms with E-state index in [2.05, 4.69) is 12.2 Å². The number of hydrogen-bond acceptors (Lipinski definition) is 3. The third-order valence-corrected chi connectivity index (χ3v) is 3.48. The molecule has 0 aliphatic carbocycles. The Hall–Kier alpha value is -2.82. The Balaban J connectivity index is 2.00. The number of benzene rings is 2. The van der Waals surface area contributed by atoms with Crippen molar-refractivity contribution in [3.05, 3.63) is 59.7 Å². The predicted molar refractivity (Wildman–Crippen MR) is 92.6 cm³/mol. The Bertz CT molecular complexity index is 712. The van der Waals surface area contributed by atoms with Crippen LogP contribution in [0.15, 0.2) is 48.5 Å². The van der Waals surface area contributed by atoms with Crippen LogP contribution in [0.3, 0.4) is 0 Å². The second-order valence-corrected chi connectivity index (χ2v) is 5.42. The molecule has 0 atom stereocenters. The first-order valence-corrected chi connectivity index (χ1v) is 7.94. The molecule has 5 heteroatoms. The van der Waals surface area contributed by atoms with E-state index in [1.807, 2.05) is 12.1 Å². The summed E-state index contributed by atoms with van der Waals surface area (Å²) in [5.74, 6) is -0.605. The number of nitrogens with one attached hydrogen (secondary N) is 1. The molecule has 0 spiro atoms. The van der Waals surface area contributed by atoms with Crippen molar-refractivity contribution in [2.75, 3.05) is 11.9 Å². The van der Waals surface area contributed by atoms with Crippen molar-refractivity contribution < 1.29 is 19.4 Å². The maximum absolute atomic E-state index is 12.2. The first-order valence-electron chi connectivity index (χ1n) is 7.94. The smallest absolute Gasteiger partial charge is 0.335 e. The molecule has 1 amide bonds. The molecular weight excluding hydrogens is 306 g/mol. The highest BCUT2D eigenvalue weighted by Crippen LogP contribution is 2.18. The van der Waals surface area contributed by atoms with Gasteiger partial charge in [-0.25, -0.2) is 4.79 Å². The molecule has 0 bridgehead atoms. The van der Waals surface area contributed by atoms with Crippen LogP contribution in [0.2, 0.25) is 0 Å². The molecule has 2 rings (SSSR count). The van der Waals surface area contributed by atoms with Gasteiger partial charge in [0.2, 0.25) is 5.91 Å². The van der Waals surface area contributed by atoms with Gasteiger partial charge in [0.1, 0.15) is 5.75 Å². The van der Waals surface area contributed by atoms with Gasteiger partial charge in [0.05, 0.1) is 18.6 Å². The number of ether oxygens (including phenoxy) is 1. The average molecular weight is 327 g/mol. The van der Waals surface area contributed by atoms with Gasteiger partial charge in [0.25, 0.3) is 0 Å². The van der Waals surface area contributed by atoms with E-state index in [0.717, 1.165) is 12.8 Å². The number of anilines is 1. The third-order valence-electron chi connectivity index (χ3n) is 3.48. The lowest BCUT2D eigenvalue weighted by molar-refractivity contribution is -0.115. The highest BCUT2D eigenvalue weighted by atomic mass is 16.5. The minimum absolute atomic E-state index is 0.00337. The van der Waals surface area contributed by atoms with Crippen molar-refractivity contribution in [2.45, 2.75) is 26.2 Å². The Morgan fingerprint density at radius 3 is 2.67 bits per heavy atom. The topological polar surface area (TPSA) is 75.6 Å². The van der Waals surface area contributed by atoms with E-state index >= 15 is 0 Å². The second kappa shape index (κ2) is 8.72. The minimum atomic E-state index is -1.04. The van der Waals surface area contributed by atoms with E-state index in [4.69, 9.17) is 9.84 Å². The molecule has 0 radical (unpaired) electrons. The lowest BCUT2D eigenvalue weighted by Crippen LogP contribution is -2.16. The van der Waals surface area contributed by atoms with Crippen molar-refractivity contribution in [3.8, 4) is 5.75 Å². The van der Waals surface area contributed by atoms with E-state index in [-0.39, 0.29) is 17.9 Å². The van der Waals surface area contributed by atoms with Crippen LogP contribution in [0.1, 0.15) is 35.7 Å². The third kappa shape index (κ3) is 5.12. The number of carbonyl (C=O) groups is 2. The van der Waals surface area contributed by atoms with E-state index in [1.54, 1.807) is 30.3 Å². The van der Waals surface area contributed by atoms with Crippen molar-refractivity contribution >= 4 is 17.6 Å². The highest BCUT2D eigenvalue weighted by molar-refractivity contribution is 5.96. The van der Waals surface area contributed by atoms with Crippen LogP contribution in [0, 0.1) is 0 Å². The van der Waals surface area contributed by atoms with Crippen LogP contribution in [-0.4, -0.2) is 23.6 Å². The van der Waals surface area contributed by atoms with Gasteiger partial charge in [-0.1, -0.05) is 37.6 Å². The molecule has 0 aliphatic rings. The Labute approximate surface area is 141 Å². The molecule has 0 saturated carbocycles. The average Bonchev–Trinajstić information content (AvgIpc) is 2.55. The van der Waals surface area contributed by atoms with Gasteiger partial charge in [-0.15, -0.1) is 0 Å². The fourth-order valence-electron chi connectivity index (χ4n) is 2.26. The molecule has 2 aromatic rings. The molecule has 0 aliphatic heterocycles. The normalized spacial score (nSPS) is 10.2. The summed E-state index contributed by atoms with van der Waals surface area (Å²) >= 11 is 0. The molecule has 126 valence electrons. The van der Waals surface area contributed by atoms with E-state index in [1.165, 1.54) is 6.07 Å². The Morgan fingerprint density at radius 1 is 1.12 bits per heavy atom. The van der Waals surface area contributed by atoms with Crippen molar-refractivity contribution in [1.29, 1.82) is 0 Å². The Morgan fingerprint density at radius 2 is 1.92 bits per heavy atom. The lowest BCUT2D eigenvalue weighted by atomic mass is 10.0. The molecular formula is C19H21NO4. The number of unbranched alkanes of at least 4 members (excludes halogenated alkanes) is 1. The maximum atomic E-state index is 12.2. The molecule has 0 heterocycles. The van der Waals surface area contributed by atoms with Crippen LogP contribution < -0.4 is 10.1 Å². The molecule has 5 nitrogen and oxygen atoms in total. The number of carboxylic acid groups (broad SMARTS) is 1. The zero-order chi connectivity index (χ0) is 17.4. The van der Waals surface area contributed by atoms with Gasteiger partial charge in [-0.05, 0) is 30.2 Å². The highest BCUT2D eigenvalue weighted by Gasteiger charge is 2.12. The van der Waals surface area contributed by atoms with Gasteiger partial charge in [-0.3, -0.25) is 4.79 Å². The van der Waals surface area contributed by atoms with Crippen molar-refractivity contribution in [1.82, 2.24) is 0 Å². The maximum Gasteiger partial charge on any atom is 0.335 e. The van der Waals surface area contributed by atoms with Crippen LogP contribution in [0.4, 0.5) is 5.69 Å². The first-order chi connectivity index (χ1) is 11.6. The second-order valence-electron chi connectivity index (χ2n) is 5.42. The van der Waals surface area contributed by atoms with E-state index in [9.17, 15) is 9.59 Å². The minimum Gasteiger partial charge on any atom is -0.494 e. The van der Waals surface area contributed by atoms with Crippen LogP contribution in [0.25, 0.3) is 0 Å². The van der Waals surface area contributed by atoms with Gasteiger partial charge >= 0.3 is 5.97 Å². The summed E-state index contributed by atoms with van der Waals surface area (Å²) in [5.41, 5.74) is 1.25. The fourth-order valence-corrected chi connectivity index (χ4v) is 2.26. The summed E-state index contributed by atoms with van der Waals surface area (Å²) in [5, 5.41) is 11.9. The van der Waals surface area contributed by atoms with Crippen LogP contribution in [0.5, 0.6) is 5.75 Å². The summed E-state index contributed by atoms with van der Waals surface area (Å²) in [6.45, 7) is 2.73. The van der Waals surface area contributed by atoms with E-state index in [0.29, 0.717) is 23.6 Å². The van der Waals surface area contributed by atoms with Gasteiger partial charge in [-0.2, -0.15) is 0 Å². The molecule has 2 N–H and O–H groups in total. The molecule has 24 heavy (non-hydrogen) atoms. The SMILES string of the molecule is CCCCOc1cccc(NC(=O)Cc2ccccc2C(=O)O)c1. The zero-order valence-electron chi connectivity index (χ0n) is 13.6. The zero-order valence-corrected chi connectivity index (χ0v) is 13.6. The molecule has 0 aromatic heterocycles. The van der Waals surface area contributed by atoms with E-state index < -0.39 is 5.97 Å². The molecule has 2 aromatic carbocycles. The van der Waals surface area contributed by atoms with Crippen molar-refractivity contribution in [3.63, 3.8) is 0 Å². The summed E-state index contributed by atoms with van der Waals surface area (Å²) in [4.78, 5) is 23.4. The van der Waals surface area contributed by atoms with Gasteiger partial charge < -0.3 is 15.2 Å². The molecule has 0 unspecified atom stereocenters. The number of aromatic carboxylic acids is 1. The van der Waals surface area contributed by atoms with Crippen LogP contribution in [-0.2, 0) is 11.2 Å². The number of rotatable bonds is 8.